The lowest BCUT2D eigenvalue weighted by Gasteiger charge is -2.27. The van der Waals surface area contributed by atoms with E-state index in [-0.39, 0.29) is 11.8 Å². The lowest BCUT2D eigenvalue weighted by atomic mass is 9.90. The molecule has 110 valence electrons. The van der Waals surface area contributed by atoms with Crippen molar-refractivity contribution < 1.29 is 14.9 Å². The van der Waals surface area contributed by atoms with Crippen LogP contribution in [0.4, 0.5) is 0 Å². The molecule has 0 bridgehead atoms. The number of fused-ring (bicyclic) bond motifs is 1. The predicted octanol–water partition coefficient (Wildman–Crippen LogP) is 2.54. The zero-order valence-corrected chi connectivity index (χ0v) is 12.0. The van der Waals surface area contributed by atoms with E-state index >= 15 is 0 Å². The fourth-order valence-corrected chi connectivity index (χ4v) is 2.91. The summed E-state index contributed by atoms with van der Waals surface area (Å²) in [5.41, 5.74) is 3.44. The quantitative estimate of drug-likeness (QED) is 0.811. The topological polar surface area (TPSA) is 61.7 Å². The van der Waals surface area contributed by atoms with Crippen molar-refractivity contribution in [1.29, 1.82) is 0 Å². The van der Waals surface area contributed by atoms with E-state index in [9.17, 15) is 10.2 Å². The van der Waals surface area contributed by atoms with Gasteiger partial charge in [-0.1, -0.05) is 12.1 Å². The summed E-state index contributed by atoms with van der Waals surface area (Å²) >= 11 is 0. The van der Waals surface area contributed by atoms with Crippen LogP contribution in [0.5, 0.6) is 17.2 Å². The highest BCUT2D eigenvalue weighted by Gasteiger charge is 2.20. The standard InChI is InChI=1S/C17H19NO3/c1-21-17-5-2-11(9-16(17)20)8-15-14-10-13(19)4-3-12(14)6-7-18-15/h2-5,9-10,15,18-20H,6-8H2,1H3. The van der Waals surface area contributed by atoms with Crippen LogP contribution in [-0.2, 0) is 12.8 Å². The van der Waals surface area contributed by atoms with E-state index in [1.165, 1.54) is 12.7 Å². The maximum absolute atomic E-state index is 9.87. The van der Waals surface area contributed by atoms with Gasteiger partial charge in [0, 0.05) is 6.04 Å². The van der Waals surface area contributed by atoms with Gasteiger partial charge in [0.05, 0.1) is 7.11 Å². The largest absolute Gasteiger partial charge is 0.508 e. The van der Waals surface area contributed by atoms with Gasteiger partial charge in [0.25, 0.3) is 0 Å². The second-order valence-corrected chi connectivity index (χ2v) is 5.35. The Balaban J connectivity index is 1.86. The molecule has 3 rings (SSSR count). The Kier molecular flexibility index (Phi) is 3.71. The van der Waals surface area contributed by atoms with Gasteiger partial charge in [-0.05, 0) is 60.3 Å². The van der Waals surface area contributed by atoms with E-state index in [0.717, 1.165) is 30.5 Å². The summed E-state index contributed by atoms with van der Waals surface area (Å²) in [6.45, 7) is 0.921. The first kappa shape index (κ1) is 13.8. The maximum atomic E-state index is 9.87. The Morgan fingerprint density at radius 1 is 1.19 bits per heavy atom. The van der Waals surface area contributed by atoms with Gasteiger partial charge in [-0.25, -0.2) is 0 Å². The normalized spacial score (nSPS) is 17.3. The van der Waals surface area contributed by atoms with Gasteiger partial charge in [0.2, 0.25) is 0 Å². The van der Waals surface area contributed by atoms with E-state index in [2.05, 4.69) is 5.32 Å². The Morgan fingerprint density at radius 3 is 2.81 bits per heavy atom. The SMILES string of the molecule is COc1ccc(CC2NCCc3ccc(O)cc32)cc1O. The fourth-order valence-electron chi connectivity index (χ4n) is 2.91. The molecule has 0 aliphatic carbocycles. The van der Waals surface area contributed by atoms with Crippen molar-refractivity contribution in [3.8, 4) is 17.2 Å². The van der Waals surface area contributed by atoms with Gasteiger partial charge < -0.3 is 20.3 Å². The molecule has 0 radical (unpaired) electrons. The number of hydrogen-bond acceptors (Lipinski definition) is 4. The van der Waals surface area contributed by atoms with E-state index in [0.29, 0.717) is 11.5 Å². The van der Waals surface area contributed by atoms with E-state index in [1.807, 2.05) is 18.2 Å². The minimum atomic E-state index is 0.147. The van der Waals surface area contributed by atoms with Crippen LogP contribution in [0.1, 0.15) is 22.7 Å². The van der Waals surface area contributed by atoms with Crippen molar-refractivity contribution in [3.05, 3.63) is 53.1 Å². The molecule has 1 heterocycles. The minimum Gasteiger partial charge on any atom is -0.508 e. The molecule has 4 heteroatoms. The first-order valence-electron chi connectivity index (χ1n) is 7.08. The molecule has 1 atom stereocenters. The average molecular weight is 285 g/mol. The third-order valence-electron chi connectivity index (χ3n) is 3.97. The highest BCUT2D eigenvalue weighted by molar-refractivity contribution is 5.43. The highest BCUT2D eigenvalue weighted by Crippen LogP contribution is 2.32. The van der Waals surface area contributed by atoms with Crippen molar-refractivity contribution in [2.45, 2.75) is 18.9 Å². The molecule has 21 heavy (non-hydrogen) atoms. The molecule has 2 aromatic rings. The number of aromatic hydroxyl groups is 2. The third-order valence-corrected chi connectivity index (χ3v) is 3.97. The summed E-state index contributed by atoms with van der Waals surface area (Å²) in [7, 11) is 1.54. The van der Waals surface area contributed by atoms with Crippen molar-refractivity contribution in [1.82, 2.24) is 5.32 Å². The molecular weight excluding hydrogens is 266 g/mol. The Hall–Kier alpha value is -2.20. The first-order valence-corrected chi connectivity index (χ1v) is 7.08. The molecule has 2 aromatic carbocycles. The smallest absolute Gasteiger partial charge is 0.160 e. The molecule has 4 nitrogen and oxygen atoms in total. The lowest BCUT2D eigenvalue weighted by Crippen LogP contribution is -2.31. The Labute approximate surface area is 124 Å². The molecule has 0 saturated heterocycles. The summed E-state index contributed by atoms with van der Waals surface area (Å²) in [6, 6.07) is 11.2. The molecule has 1 unspecified atom stereocenters. The van der Waals surface area contributed by atoms with Crippen LogP contribution in [0.2, 0.25) is 0 Å². The minimum absolute atomic E-state index is 0.147. The molecule has 0 fully saturated rings. The molecule has 0 aromatic heterocycles. The van der Waals surface area contributed by atoms with Crippen LogP contribution in [0, 0.1) is 0 Å². The number of methoxy groups -OCH3 is 1. The van der Waals surface area contributed by atoms with E-state index in [4.69, 9.17) is 4.74 Å². The first-order chi connectivity index (χ1) is 10.2. The summed E-state index contributed by atoms with van der Waals surface area (Å²) in [5.74, 6) is 0.926. The van der Waals surface area contributed by atoms with Crippen molar-refractivity contribution in [2.24, 2.45) is 0 Å². The zero-order valence-electron chi connectivity index (χ0n) is 12.0. The van der Waals surface area contributed by atoms with Gasteiger partial charge in [0.1, 0.15) is 5.75 Å². The van der Waals surface area contributed by atoms with E-state index < -0.39 is 0 Å². The van der Waals surface area contributed by atoms with Gasteiger partial charge >= 0.3 is 0 Å². The molecular formula is C17H19NO3. The Morgan fingerprint density at radius 2 is 2.05 bits per heavy atom. The van der Waals surface area contributed by atoms with Gasteiger partial charge in [-0.15, -0.1) is 0 Å². The van der Waals surface area contributed by atoms with Crippen LogP contribution in [0.3, 0.4) is 0 Å². The maximum Gasteiger partial charge on any atom is 0.160 e. The van der Waals surface area contributed by atoms with Gasteiger partial charge in [-0.2, -0.15) is 0 Å². The zero-order chi connectivity index (χ0) is 14.8. The average Bonchev–Trinajstić information content (AvgIpc) is 2.48. The van der Waals surface area contributed by atoms with Crippen molar-refractivity contribution in [2.75, 3.05) is 13.7 Å². The van der Waals surface area contributed by atoms with Crippen LogP contribution in [0.25, 0.3) is 0 Å². The van der Waals surface area contributed by atoms with Crippen LogP contribution < -0.4 is 10.1 Å². The number of hydrogen-bond donors (Lipinski definition) is 3. The van der Waals surface area contributed by atoms with Crippen molar-refractivity contribution >= 4 is 0 Å². The van der Waals surface area contributed by atoms with Gasteiger partial charge in [-0.3, -0.25) is 0 Å². The number of phenols is 2. The summed E-state index contributed by atoms with van der Waals surface area (Å²) < 4.78 is 5.06. The predicted molar refractivity (Wildman–Crippen MR) is 80.9 cm³/mol. The number of nitrogens with one attached hydrogen (secondary N) is 1. The molecule has 3 N–H and O–H groups in total. The second-order valence-electron chi connectivity index (χ2n) is 5.35. The molecule has 0 spiro atoms. The molecule has 0 saturated carbocycles. The highest BCUT2D eigenvalue weighted by atomic mass is 16.5. The van der Waals surface area contributed by atoms with Crippen LogP contribution >= 0.6 is 0 Å². The summed E-state index contributed by atoms with van der Waals surface area (Å²) in [6.07, 6.45) is 1.73. The van der Waals surface area contributed by atoms with Crippen molar-refractivity contribution in [3.63, 3.8) is 0 Å². The summed E-state index contributed by atoms with van der Waals surface area (Å²) in [4.78, 5) is 0. The van der Waals surface area contributed by atoms with Gasteiger partial charge in [0.15, 0.2) is 11.5 Å². The number of phenolic OH excluding ortho intramolecular Hbond substituents is 2. The number of rotatable bonds is 3. The molecule has 1 aliphatic heterocycles. The summed E-state index contributed by atoms with van der Waals surface area (Å²) in [5, 5.41) is 23.1. The lowest BCUT2D eigenvalue weighted by molar-refractivity contribution is 0.372. The monoisotopic (exact) mass is 285 g/mol. The second kappa shape index (κ2) is 5.66. The Bertz CT molecular complexity index is 654. The van der Waals surface area contributed by atoms with E-state index in [1.54, 1.807) is 18.2 Å². The number of benzene rings is 2. The van der Waals surface area contributed by atoms with Crippen LogP contribution in [0.15, 0.2) is 36.4 Å². The molecule has 1 aliphatic rings. The number of ether oxygens (including phenoxy) is 1. The van der Waals surface area contributed by atoms with Crippen LogP contribution in [-0.4, -0.2) is 23.9 Å². The fraction of sp³-hybridized carbons (Fsp3) is 0.294. The molecule has 0 amide bonds. The third kappa shape index (κ3) is 2.81.